The van der Waals surface area contributed by atoms with Gasteiger partial charge in [-0.2, -0.15) is 4.98 Å². The Morgan fingerprint density at radius 3 is 2.42 bits per heavy atom. The number of likely N-dealkylation sites (tertiary alicyclic amines) is 1. The van der Waals surface area contributed by atoms with Gasteiger partial charge in [0.1, 0.15) is 0 Å². The summed E-state index contributed by atoms with van der Waals surface area (Å²) in [4.78, 5) is 12.4. The largest absolute Gasteiger partial charge is 0.365 e. The van der Waals surface area contributed by atoms with Gasteiger partial charge in [-0.1, -0.05) is 30.3 Å². The number of anilines is 3. The summed E-state index contributed by atoms with van der Waals surface area (Å²) in [5, 5.41) is 7.88. The Bertz CT molecular complexity index is 1310. The van der Waals surface area contributed by atoms with Gasteiger partial charge < -0.3 is 10.6 Å². The van der Waals surface area contributed by atoms with E-state index in [2.05, 4.69) is 103 Å². The summed E-state index contributed by atoms with van der Waals surface area (Å²) < 4.78 is 16.0. The predicted octanol–water partition coefficient (Wildman–Crippen LogP) is 7.23. The summed E-state index contributed by atoms with van der Waals surface area (Å²) in [6.45, 7) is 8.93. The number of rotatable bonds is 6. The van der Waals surface area contributed by atoms with Crippen molar-refractivity contribution in [2.45, 2.75) is 64.1 Å². The minimum absolute atomic E-state index is 0.00158. The fourth-order valence-electron chi connectivity index (χ4n) is 5.36. The first-order valence-electron chi connectivity index (χ1n) is 12.5. The number of nitrogens with zero attached hydrogens (tertiary/aromatic N) is 3. The number of hydrogen-bond acceptors (Lipinski definition) is 6. The molecule has 2 aromatic carbocycles. The van der Waals surface area contributed by atoms with Crippen LogP contribution in [0, 0.1) is 5.82 Å². The van der Waals surface area contributed by atoms with Crippen molar-refractivity contribution in [1.29, 1.82) is 0 Å². The van der Waals surface area contributed by atoms with Crippen molar-refractivity contribution < 1.29 is 4.39 Å². The van der Waals surface area contributed by atoms with E-state index < -0.39 is 5.82 Å². The second-order valence-corrected chi connectivity index (χ2v) is 12.2. The highest BCUT2D eigenvalue weighted by Gasteiger charge is 2.43. The van der Waals surface area contributed by atoms with E-state index in [9.17, 15) is 4.39 Å². The molecule has 0 unspecified atom stereocenters. The van der Waals surface area contributed by atoms with E-state index >= 15 is 0 Å². The Morgan fingerprint density at radius 2 is 1.72 bits per heavy atom. The minimum atomic E-state index is -0.436. The smallest absolute Gasteiger partial charge is 0.229 e. The van der Waals surface area contributed by atoms with Crippen molar-refractivity contribution in [3.8, 4) is 0 Å². The highest BCUT2D eigenvalue weighted by molar-refractivity contribution is 7.19. The first-order valence-corrected chi connectivity index (χ1v) is 13.3. The van der Waals surface area contributed by atoms with Crippen LogP contribution in [0.2, 0.25) is 0 Å². The highest BCUT2D eigenvalue weighted by Crippen LogP contribution is 2.38. The zero-order chi connectivity index (χ0) is 25.5. The number of hydrogen-bond donors (Lipinski definition) is 2. The molecule has 0 atom stereocenters. The van der Waals surface area contributed by atoms with Crippen molar-refractivity contribution >= 4 is 38.9 Å². The minimum Gasteiger partial charge on any atom is -0.365 e. The van der Waals surface area contributed by atoms with E-state index in [1.165, 1.54) is 26.7 Å². The van der Waals surface area contributed by atoms with Crippen LogP contribution in [-0.4, -0.2) is 39.0 Å². The molecule has 0 radical (unpaired) electrons. The van der Waals surface area contributed by atoms with Crippen LogP contribution < -0.4 is 10.6 Å². The van der Waals surface area contributed by atoms with Crippen LogP contribution in [0.5, 0.6) is 0 Å². The number of halogens is 1. The van der Waals surface area contributed by atoms with Gasteiger partial charge in [0.2, 0.25) is 5.95 Å². The van der Waals surface area contributed by atoms with Crippen LogP contribution in [0.3, 0.4) is 0 Å². The van der Waals surface area contributed by atoms with Gasteiger partial charge in [0.05, 0.1) is 6.20 Å². The quantitative estimate of drug-likeness (QED) is 0.291. The van der Waals surface area contributed by atoms with E-state index in [1.807, 2.05) is 23.5 Å². The Kier molecular flexibility index (Phi) is 6.47. The molecule has 188 valence electrons. The maximum atomic E-state index is 14.6. The van der Waals surface area contributed by atoms with Crippen LogP contribution in [0.25, 0.3) is 10.1 Å². The topological polar surface area (TPSA) is 53.1 Å². The predicted molar refractivity (Wildman–Crippen MR) is 149 cm³/mol. The fraction of sp³-hybridized carbons (Fsp3) is 0.379. The molecule has 1 aliphatic rings. The molecule has 7 heteroatoms. The number of fused-ring (bicyclic) bond motifs is 1. The Hall–Kier alpha value is -3.03. The molecule has 0 amide bonds. The van der Waals surface area contributed by atoms with E-state index in [-0.39, 0.29) is 22.9 Å². The summed E-state index contributed by atoms with van der Waals surface area (Å²) in [7, 11) is 2.16. The summed E-state index contributed by atoms with van der Waals surface area (Å²) in [6, 6.07) is 19.1. The molecule has 2 N–H and O–H groups in total. The highest BCUT2D eigenvalue weighted by atomic mass is 32.1. The second-order valence-electron chi connectivity index (χ2n) is 11.1. The molecule has 0 bridgehead atoms. The third-order valence-corrected chi connectivity index (χ3v) is 8.57. The van der Waals surface area contributed by atoms with Crippen LogP contribution >= 0.6 is 11.3 Å². The number of aromatic nitrogens is 2. The Balaban J connectivity index is 1.26. The van der Waals surface area contributed by atoms with Crippen molar-refractivity contribution in [1.82, 2.24) is 14.9 Å². The van der Waals surface area contributed by atoms with Crippen LogP contribution in [0.15, 0.2) is 60.8 Å². The molecule has 4 aromatic rings. The zero-order valence-corrected chi connectivity index (χ0v) is 22.4. The third-order valence-electron chi connectivity index (χ3n) is 7.46. The molecule has 5 nitrogen and oxygen atoms in total. The van der Waals surface area contributed by atoms with E-state index in [0.29, 0.717) is 5.95 Å². The molecule has 36 heavy (non-hydrogen) atoms. The lowest BCUT2D eigenvalue weighted by Crippen LogP contribution is -2.61. The molecule has 1 saturated heterocycles. The van der Waals surface area contributed by atoms with Gasteiger partial charge >= 0.3 is 0 Å². The van der Waals surface area contributed by atoms with Crippen molar-refractivity contribution in [3.63, 3.8) is 0 Å². The van der Waals surface area contributed by atoms with Gasteiger partial charge in [-0.05, 0) is 82.8 Å². The maximum absolute atomic E-state index is 14.6. The molecule has 1 fully saturated rings. The number of benzene rings is 2. The lowest BCUT2D eigenvalue weighted by atomic mass is 9.77. The van der Waals surface area contributed by atoms with Gasteiger partial charge in [0, 0.05) is 38.8 Å². The Labute approximate surface area is 216 Å². The number of thiophene rings is 1. The molecule has 3 heterocycles. The first-order chi connectivity index (χ1) is 17.1. The van der Waals surface area contributed by atoms with Crippen molar-refractivity contribution in [3.05, 3.63) is 77.1 Å². The molecule has 0 spiro atoms. The van der Waals surface area contributed by atoms with Gasteiger partial charge in [-0.3, -0.25) is 4.90 Å². The molecule has 1 aliphatic heterocycles. The summed E-state index contributed by atoms with van der Waals surface area (Å²) >= 11 is 1.83. The molecular formula is C29H34FN5S. The third kappa shape index (κ3) is 5.22. The standard InChI is InChI=1S/C29H34FN5S/c1-28(2)16-22(17-29(3,4)35(28)5)32-26-24(30)18-31-27(34-26)33-21-12-10-19(11-13-21)14-23-15-20-8-6-7-9-25(20)36-23/h6-13,15,18,22H,14,16-17H2,1-5H3,(H2,31,32,33,34). The van der Waals surface area contributed by atoms with E-state index in [1.54, 1.807) is 0 Å². The molecule has 0 aliphatic carbocycles. The number of piperidine rings is 1. The maximum Gasteiger partial charge on any atom is 0.229 e. The normalized spacial score (nSPS) is 17.8. The summed E-state index contributed by atoms with van der Waals surface area (Å²) in [6.07, 6.45) is 3.93. The van der Waals surface area contributed by atoms with Crippen molar-refractivity contribution in [2.24, 2.45) is 0 Å². The van der Waals surface area contributed by atoms with Gasteiger partial charge in [-0.15, -0.1) is 11.3 Å². The van der Waals surface area contributed by atoms with Crippen LogP contribution in [0.4, 0.5) is 21.8 Å². The fourth-order valence-corrected chi connectivity index (χ4v) is 6.45. The Morgan fingerprint density at radius 1 is 1.03 bits per heavy atom. The molecule has 5 rings (SSSR count). The average molecular weight is 504 g/mol. The van der Waals surface area contributed by atoms with E-state index in [4.69, 9.17) is 0 Å². The number of nitrogens with one attached hydrogen (secondary N) is 2. The van der Waals surface area contributed by atoms with Crippen LogP contribution in [-0.2, 0) is 6.42 Å². The lowest BCUT2D eigenvalue weighted by Gasteiger charge is -2.53. The monoisotopic (exact) mass is 503 g/mol. The zero-order valence-electron chi connectivity index (χ0n) is 21.6. The lowest BCUT2D eigenvalue weighted by molar-refractivity contribution is -0.00778. The van der Waals surface area contributed by atoms with E-state index in [0.717, 1.165) is 24.9 Å². The van der Waals surface area contributed by atoms with Crippen LogP contribution in [0.1, 0.15) is 51.0 Å². The second kappa shape index (κ2) is 9.45. The average Bonchev–Trinajstić information content (AvgIpc) is 3.23. The summed E-state index contributed by atoms with van der Waals surface area (Å²) in [5.41, 5.74) is 2.11. The summed E-state index contributed by atoms with van der Waals surface area (Å²) in [5.74, 6) is 0.186. The molecule has 2 aromatic heterocycles. The van der Waals surface area contributed by atoms with Gasteiger partial charge in [-0.25, -0.2) is 9.37 Å². The first kappa shape index (κ1) is 24.7. The van der Waals surface area contributed by atoms with Gasteiger partial charge in [0.25, 0.3) is 0 Å². The van der Waals surface area contributed by atoms with Crippen molar-refractivity contribution in [2.75, 3.05) is 17.7 Å². The van der Waals surface area contributed by atoms with Gasteiger partial charge in [0.15, 0.2) is 11.6 Å². The molecular weight excluding hydrogens is 469 g/mol. The molecule has 0 saturated carbocycles. The SMILES string of the molecule is CN1C(C)(C)CC(Nc2nc(Nc3ccc(Cc4cc5ccccc5s4)cc3)ncc2F)CC1(C)C.